The topological polar surface area (TPSA) is 90.2 Å². The third-order valence-electron chi connectivity index (χ3n) is 2.07. The second-order valence-electron chi connectivity index (χ2n) is 3.41. The molecule has 0 saturated carbocycles. The van der Waals surface area contributed by atoms with E-state index in [-0.39, 0.29) is 34.5 Å². The summed E-state index contributed by atoms with van der Waals surface area (Å²) in [7, 11) is 0. The minimum absolute atomic E-state index is 0.0966. The lowest BCUT2D eigenvalue weighted by Crippen LogP contribution is -1.85. The molecule has 0 saturated heterocycles. The zero-order valence-corrected chi connectivity index (χ0v) is 8.66. The highest BCUT2D eigenvalue weighted by Gasteiger charge is 2.10. The van der Waals surface area contributed by atoms with Crippen molar-refractivity contribution in [3.63, 3.8) is 0 Å². The lowest BCUT2D eigenvalue weighted by molar-refractivity contribution is 0.371. The van der Waals surface area contributed by atoms with E-state index >= 15 is 0 Å². The fraction of sp³-hybridized carbons (Fsp3) is 0. The van der Waals surface area contributed by atoms with Gasteiger partial charge < -0.3 is 25.2 Å². The molecule has 0 spiro atoms. The molecule has 0 fully saturated rings. The monoisotopic (exact) mass is 234 g/mol. The molecule has 5 heteroatoms. The maximum atomic E-state index is 9.48. The molecule has 2 aromatic rings. The van der Waals surface area contributed by atoms with E-state index < -0.39 is 0 Å². The Morgan fingerprint density at radius 2 is 1.29 bits per heavy atom. The van der Waals surface area contributed by atoms with Crippen LogP contribution in [0.1, 0.15) is 0 Å². The van der Waals surface area contributed by atoms with Crippen molar-refractivity contribution in [1.82, 2.24) is 0 Å². The van der Waals surface area contributed by atoms with Gasteiger partial charge in [0.05, 0.1) is 0 Å². The van der Waals surface area contributed by atoms with Crippen LogP contribution in [0.25, 0.3) is 0 Å². The average Bonchev–Trinajstić information content (AvgIpc) is 2.22. The SMILES string of the molecule is Oc1cc(O)cc(Oc2c(O)cccc2O)c1. The second-order valence-corrected chi connectivity index (χ2v) is 3.41. The highest BCUT2D eigenvalue weighted by atomic mass is 16.5. The highest BCUT2D eigenvalue weighted by Crippen LogP contribution is 2.39. The Morgan fingerprint density at radius 3 is 1.82 bits per heavy atom. The molecule has 5 nitrogen and oxygen atoms in total. The Kier molecular flexibility index (Phi) is 2.66. The summed E-state index contributed by atoms with van der Waals surface area (Å²) in [4.78, 5) is 0. The molecular formula is C12H10O5. The number of phenolic OH excluding ortho intramolecular Hbond substituents is 4. The minimum atomic E-state index is -0.243. The number of benzene rings is 2. The van der Waals surface area contributed by atoms with E-state index in [0.717, 1.165) is 6.07 Å². The normalized spacial score (nSPS) is 10.1. The number of hydrogen-bond acceptors (Lipinski definition) is 5. The van der Waals surface area contributed by atoms with Crippen LogP contribution < -0.4 is 4.74 Å². The first-order valence-corrected chi connectivity index (χ1v) is 4.78. The summed E-state index contributed by atoms with van der Waals surface area (Å²) in [5.41, 5.74) is 0. The first kappa shape index (κ1) is 10.9. The quantitative estimate of drug-likeness (QED) is 0.640. The fourth-order valence-electron chi connectivity index (χ4n) is 1.36. The standard InChI is InChI=1S/C12H10O5/c13-7-4-8(14)6-9(5-7)17-12-10(15)2-1-3-11(12)16/h1-6,13-16H. The summed E-state index contributed by atoms with van der Waals surface area (Å²) >= 11 is 0. The first-order valence-electron chi connectivity index (χ1n) is 4.78. The molecule has 0 aliphatic rings. The van der Waals surface area contributed by atoms with Crippen LogP contribution in [0.5, 0.6) is 34.5 Å². The third kappa shape index (κ3) is 2.34. The molecule has 0 unspecified atom stereocenters. The van der Waals surface area contributed by atoms with E-state index in [2.05, 4.69) is 0 Å². The Labute approximate surface area is 96.8 Å². The van der Waals surface area contributed by atoms with Gasteiger partial charge in [-0.3, -0.25) is 0 Å². The Hall–Kier alpha value is -2.56. The molecule has 0 bridgehead atoms. The van der Waals surface area contributed by atoms with Crippen molar-refractivity contribution < 1.29 is 25.2 Å². The van der Waals surface area contributed by atoms with Crippen LogP contribution in [-0.2, 0) is 0 Å². The van der Waals surface area contributed by atoms with Gasteiger partial charge in [0, 0.05) is 18.2 Å². The van der Waals surface area contributed by atoms with Gasteiger partial charge in [0.25, 0.3) is 0 Å². The maximum Gasteiger partial charge on any atom is 0.210 e. The molecule has 0 amide bonds. The molecule has 0 atom stereocenters. The lowest BCUT2D eigenvalue weighted by Gasteiger charge is -2.09. The molecule has 0 aliphatic heterocycles. The van der Waals surface area contributed by atoms with Crippen molar-refractivity contribution in [2.24, 2.45) is 0 Å². The third-order valence-corrected chi connectivity index (χ3v) is 2.07. The van der Waals surface area contributed by atoms with E-state index in [9.17, 15) is 20.4 Å². The Balaban J connectivity index is 2.38. The number of rotatable bonds is 2. The molecule has 4 N–H and O–H groups in total. The molecule has 0 aliphatic carbocycles. The summed E-state index contributed by atoms with van der Waals surface area (Å²) in [5.74, 6) is -0.901. The largest absolute Gasteiger partial charge is 0.508 e. The van der Waals surface area contributed by atoms with Gasteiger partial charge in [0.1, 0.15) is 17.2 Å². The molecule has 2 rings (SSSR count). The summed E-state index contributed by atoms with van der Waals surface area (Å²) in [6.45, 7) is 0. The van der Waals surface area contributed by atoms with E-state index in [1.165, 1.54) is 30.3 Å². The predicted octanol–water partition coefficient (Wildman–Crippen LogP) is 2.30. The van der Waals surface area contributed by atoms with Crippen LogP contribution in [0, 0.1) is 0 Å². The molecule has 17 heavy (non-hydrogen) atoms. The molecule has 0 radical (unpaired) electrons. The molecule has 88 valence electrons. The van der Waals surface area contributed by atoms with Gasteiger partial charge in [-0.15, -0.1) is 0 Å². The van der Waals surface area contributed by atoms with Gasteiger partial charge in [0.15, 0.2) is 11.5 Å². The van der Waals surface area contributed by atoms with Crippen molar-refractivity contribution in [1.29, 1.82) is 0 Å². The predicted molar refractivity (Wildman–Crippen MR) is 59.6 cm³/mol. The van der Waals surface area contributed by atoms with Crippen molar-refractivity contribution >= 4 is 0 Å². The van der Waals surface area contributed by atoms with Crippen molar-refractivity contribution in [2.45, 2.75) is 0 Å². The molecule has 0 heterocycles. The van der Waals surface area contributed by atoms with E-state index in [0.29, 0.717) is 0 Å². The Bertz CT molecular complexity index is 510. The van der Waals surface area contributed by atoms with Crippen LogP contribution in [0.4, 0.5) is 0 Å². The maximum absolute atomic E-state index is 9.48. The zero-order chi connectivity index (χ0) is 12.4. The summed E-state index contributed by atoms with van der Waals surface area (Å²) in [6.07, 6.45) is 0. The Morgan fingerprint density at radius 1 is 0.765 bits per heavy atom. The smallest absolute Gasteiger partial charge is 0.210 e. The molecule has 2 aromatic carbocycles. The van der Waals surface area contributed by atoms with Crippen LogP contribution in [-0.4, -0.2) is 20.4 Å². The van der Waals surface area contributed by atoms with Gasteiger partial charge in [-0.05, 0) is 12.1 Å². The second kappa shape index (κ2) is 4.13. The van der Waals surface area contributed by atoms with E-state index in [4.69, 9.17) is 4.74 Å². The number of phenols is 4. The van der Waals surface area contributed by atoms with Gasteiger partial charge >= 0.3 is 0 Å². The zero-order valence-electron chi connectivity index (χ0n) is 8.66. The number of hydrogen-bond donors (Lipinski definition) is 4. The fourth-order valence-corrected chi connectivity index (χ4v) is 1.36. The van der Waals surface area contributed by atoms with Gasteiger partial charge in [-0.1, -0.05) is 6.07 Å². The van der Waals surface area contributed by atoms with E-state index in [1.54, 1.807) is 0 Å². The molecule has 0 aromatic heterocycles. The van der Waals surface area contributed by atoms with Crippen LogP contribution >= 0.6 is 0 Å². The van der Waals surface area contributed by atoms with Crippen molar-refractivity contribution in [2.75, 3.05) is 0 Å². The minimum Gasteiger partial charge on any atom is -0.508 e. The summed E-state index contributed by atoms with van der Waals surface area (Å²) in [6, 6.07) is 7.77. The summed E-state index contributed by atoms with van der Waals surface area (Å²) < 4.78 is 5.18. The van der Waals surface area contributed by atoms with Crippen molar-refractivity contribution in [3.05, 3.63) is 36.4 Å². The van der Waals surface area contributed by atoms with Crippen LogP contribution in [0.2, 0.25) is 0 Å². The molecular weight excluding hydrogens is 224 g/mol. The van der Waals surface area contributed by atoms with Crippen molar-refractivity contribution in [3.8, 4) is 34.5 Å². The number of ether oxygens (including phenoxy) is 1. The van der Waals surface area contributed by atoms with Gasteiger partial charge in [0.2, 0.25) is 5.75 Å². The van der Waals surface area contributed by atoms with E-state index in [1.807, 2.05) is 0 Å². The van der Waals surface area contributed by atoms with Crippen LogP contribution in [0.15, 0.2) is 36.4 Å². The number of aromatic hydroxyl groups is 4. The van der Waals surface area contributed by atoms with Gasteiger partial charge in [-0.25, -0.2) is 0 Å². The van der Waals surface area contributed by atoms with Crippen LogP contribution in [0.3, 0.4) is 0 Å². The van der Waals surface area contributed by atoms with Gasteiger partial charge in [-0.2, -0.15) is 0 Å². The first-order chi connectivity index (χ1) is 8.06. The highest BCUT2D eigenvalue weighted by molar-refractivity contribution is 5.52. The lowest BCUT2D eigenvalue weighted by atomic mass is 10.2. The summed E-state index contributed by atoms with van der Waals surface area (Å²) in [5, 5.41) is 37.5. The number of para-hydroxylation sites is 1. The average molecular weight is 234 g/mol.